The number of nitrogens with zero attached hydrogens (tertiary/aromatic N) is 2. The molecule has 1 aromatic carbocycles. The second-order valence-corrected chi connectivity index (χ2v) is 7.55. The first kappa shape index (κ1) is 23.9. The van der Waals surface area contributed by atoms with E-state index in [2.05, 4.69) is 10.4 Å². The average molecular weight is 428 g/mol. The summed E-state index contributed by atoms with van der Waals surface area (Å²) in [6.45, 7) is 7.13. The van der Waals surface area contributed by atoms with Gasteiger partial charge in [-0.2, -0.15) is 5.10 Å². The molecule has 8 nitrogen and oxygen atoms in total. The van der Waals surface area contributed by atoms with Crippen LogP contribution in [0.15, 0.2) is 36.4 Å². The lowest BCUT2D eigenvalue weighted by Crippen LogP contribution is -2.44. The summed E-state index contributed by atoms with van der Waals surface area (Å²) in [4.78, 5) is 35.9. The Bertz CT molecular complexity index is 948. The number of aryl methyl sites for hydroxylation is 1. The molecule has 0 fully saturated rings. The lowest BCUT2D eigenvalue weighted by molar-refractivity contribution is -0.148. The molecular formula is C23H29N3O5. The van der Waals surface area contributed by atoms with Crippen LogP contribution in [0.4, 0.5) is 0 Å². The maximum atomic E-state index is 12.1. The van der Waals surface area contributed by atoms with Gasteiger partial charge in [0, 0.05) is 17.3 Å². The monoisotopic (exact) mass is 427 g/mol. The summed E-state index contributed by atoms with van der Waals surface area (Å²) in [5, 5.41) is 7.06. The zero-order valence-corrected chi connectivity index (χ0v) is 18.5. The molecule has 0 spiro atoms. The van der Waals surface area contributed by atoms with E-state index in [1.54, 1.807) is 10.8 Å². The fourth-order valence-electron chi connectivity index (χ4n) is 3.12. The molecule has 0 radical (unpaired) electrons. The Kier molecular flexibility index (Phi) is 8.54. The van der Waals surface area contributed by atoms with Crippen molar-refractivity contribution in [2.45, 2.75) is 40.2 Å². The molecule has 0 aliphatic carbocycles. The zero-order chi connectivity index (χ0) is 23.0. The zero-order valence-electron chi connectivity index (χ0n) is 18.5. The number of esters is 2. The summed E-state index contributed by atoms with van der Waals surface area (Å²) < 4.78 is 11.5. The molecule has 1 heterocycles. The fourth-order valence-corrected chi connectivity index (χ4v) is 3.12. The third-order valence-corrected chi connectivity index (χ3v) is 4.61. The molecule has 2 rings (SSSR count). The molecule has 0 bridgehead atoms. The van der Waals surface area contributed by atoms with Crippen molar-refractivity contribution < 1.29 is 23.9 Å². The first-order chi connectivity index (χ1) is 14.7. The van der Waals surface area contributed by atoms with Gasteiger partial charge in [0.2, 0.25) is 0 Å². The maximum absolute atomic E-state index is 12.1. The number of methoxy groups -OCH3 is 1. The van der Waals surface area contributed by atoms with Crippen LogP contribution in [0.2, 0.25) is 0 Å². The van der Waals surface area contributed by atoms with Gasteiger partial charge in [-0.15, -0.1) is 0 Å². The molecule has 1 aromatic heterocycles. The van der Waals surface area contributed by atoms with Crippen molar-refractivity contribution in [2.24, 2.45) is 5.92 Å². The molecule has 8 heteroatoms. The van der Waals surface area contributed by atoms with E-state index in [-0.39, 0.29) is 5.92 Å². The largest absolute Gasteiger partial charge is 0.467 e. The minimum atomic E-state index is -0.777. The van der Waals surface area contributed by atoms with Crippen molar-refractivity contribution in [1.82, 2.24) is 15.1 Å². The van der Waals surface area contributed by atoms with Crippen LogP contribution in [0, 0.1) is 19.8 Å². The minimum absolute atomic E-state index is 0.179. The van der Waals surface area contributed by atoms with E-state index in [1.165, 1.54) is 13.2 Å². The lowest BCUT2D eigenvalue weighted by atomic mass is 10.0. The number of para-hydroxylation sites is 1. The number of rotatable bonds is 9. The van der Waals surface area contributed by atoms with E-state index in [4.69, 9.17) is 9.47 Å². The van der Waals surface area contributed by atoms with Crippen molar-refractivity contribution in [1.29, 1.82) is 0 Å². The smallest absolute Gasteiger partial charge is 0.331 e. The van der Waals surface area contributed by atoms with E-state index in [9.17, 15) is 14.4 Å². The van der Waals surface area contributed by atoms with Gasteiger partial charge in [-0.05, 0) is 44.4 Å². The van der Waals surface area contributed by atoms with Gasteiger partial charge < -0.3 is 14.8 Å². The molecule has 0 saturated heterocycles. The molecular weight excluding hydrogens is 398 g/mol. The standard InChI is InChI=1S/C23H29N3O5/c1-15(2)13-20(23(29)30-5)24-21(27)14-31-22(28)12-11-19-16(3)25-26(17(19)4)18-9-7-6-8-10-18/h6-12,15,20H,13-14H2,1-5H3,(H,24,27)/b12-11+/t20-/m0/s1. The van der Waals surface area contributed by atoms with Crippen molar-refractivity contribution in [3.05, 3.63) is 53.4 Å². The molecule has 0 saturated carbocycles. The maximum Gasteiger partial charge on any atom is 0.331 e. The molecule has 1 atom stereocenters. The van der Waals surface area contributed by atoms with Gasteiger partial charge in [0.25, 0.3) is 5.91 Å². The predicted octanol–water partition coefficient (Wildman–Crippen LogP) is 2.75. The highest BCUT2D eigenvalue weighted by atomic mass is 16.5. The summed E-state index contributed by atoms with van der Waals surface area (Å²) in [7, 11) is 1.26. The number of ether oxygens (including phenoxy) is 2. The van der Waals surface area contributed by atoms with Gasteiger partial charge in [0.05, 0.1) is 18.5 Å². The van der Waals surface area contributed by atoms with Crippen LogP contribution in [0.1, 0.15) is 37.2 Å². The third kappa shape index (κ3) is 6.80. The van der Waals surface area contributed by atoms with E-state index in [0.29, 0.717) is 6.42 Å². The molecule has 0 aliphatic heterocycles. The number of hydrogen-bond acceptors (Lipinski definition) is 6. The van der Waals surface area contributed by atoms with E-state index in [1.807, 2.05) is 58.0 Å². The summed E-state index contributed by atoms with van der Waals surface area (Å²) in [6.07, 6.45) is 3.30. The number of nitrogens with one attached hydrogen (secondary N) is 1. The molecule has 166 valence electrons. The summed E-state index contributed by atoms with van der Waals surface area (Å²) in [5.74, 6) is -1.59. The van der Waals surface area contributed by atoms with Crippen molar-refractivity contribution in [3.8, 4) is 5.69 Å². The van der Waals surface area contributed by atoms with Crippen molar-refractivity contribution >= 4 is 23.9 Å². The molecule has 1 N–H and O–H groups in total. The van der Waals surface area contributed by atoms with Gasteiger partial charge in [-0.25, -0.2) is 14.3 Å². The summed E-state index contributed by atoms with van der Waals surface area (Å²) in [6, 6.07) is 8.89. The summed E-state index contributed by atoms with van der Waals surface area (Å²) >= 11 is 0. The Morgan fingerprint density at radius 3 is 2.45 bits per heavy atom. The predicted molar refractivity (Wildman–Crippen MR) is 116 cm³/mol. The normalized spacial score (nSPS) is 12.1. The Hall–Kier alpha value is -3.42. The van der Waals surface area contributed by atoms with Crippen LogP contribution in [-0.2, 0) is 23.9 Å². The van der Waals surface area contributed by atoms with Gasteiger partial charge >= 0.3 is 11.9 Å². The quantitative estimate of drug-likeness (QED) is 0.488. The van der Waals surface area contributed by atoms with Gasteiger partial charge in [0.15, 0.2) is 6.61 Å². The summed E-state index contributed by atoms with van der Waals surface area (Å²) in [5.41, 5.74) is 3.36. The fraction of sp³-hybridized carbons (Fsp3) is 0.391. The third-order valence-electron chi connectivity index (χ3n) is 4.61. The van der Waals surface area contributed by atoms with Gasteiger partial charge in [-0.3, -0.25) is 4.79 Å². The van der Waals surface area contributed by atoms with E-state index in [0.717, 1.165) is 22.6 Å². The van der Waals surface area contributed by atoms with Gasteiger partial charge in [-0.1, -0.05) is 32.0 Å². The Labute approximate surface area is 182 Å². The SMILES string of the molecule is COC(=O)[C@H](CC(C)C)NC(=O)COC(=O)/C=C/c1c(C)nn(-c2ccccc2)c1C. The van der Waals surface area contributed by atoms with Crippen molar-refractivity contribution in [3.63, 3.8) is 0 Å². The minimum Gasteiger partial charge on any atom is -0.467 e. The molecule has 0 unspecified atom stereocenters. The first-order valence-corrected chi connectivity index (χ1v) is 10.1. The first-order valence-electron chi connectivity index (χ1n) is 10.1. The number of carbonyl (C=O) groups excluding carboxylic acids is 3. The Balaban J connectivity index is 1.96. The van der Waals surface area contributed by atoms with E-state index < -0.39 is 30.5 Å². The Morgan fingerprint density at radius 1 is 1.16 bits per heavy atom. The van der Waals surface area contributed by atoms with Crippen LogP contribution in [0.3, 0.4) is 0 Å². The number of carbonyl (C=O) groups is 3. The van der Waals surface area contributed by atoms with Crippen LogP contribution in [0.5, 0.6) is 0 Å². The average Bonchev–Trinajstić information content (AvgIpc) is 3.03. The highest BCUT2D eigenvalue weighted by Crippen LogP contribution is 2.19. The highest BCUT2D eigenvalue weighted by Gasteiger charge is 2.23. The molecule has 0 aliphatic rings. The van der Waals surface area contributed by atoms with Crippen molar-refractivity contribution in [2.75, 3.05) is 13.7 Å². The van der Waals surface area contributed by atoms with E-state index >= 15 is 0 Å². The molecule has 1 amide bonds. The lowest BCUT2D eigenvalue weighted by Gasteiger charge is -2.18. The Morgan fingerprint density at radius 2 is 1.84 bits per heavy atom. The van der Waals surface area contributed by atoms with Crippen LogP contribution in [0.25, 0.3) is 11.8 Å². The van der Waals surface area contributed by atoms with Crippen LogP contribution in [-0.4, -0.2) is 47.4 Å². The number of amides is 1. The molecule has 2 aromatic rings. The highest BCUT2D eigenvalue weighted by molar-refractivity contribution is 5.90. The van der Waals surface area contributed by atoms with Crippen LogP contribution < -0.4 is 5.32 Å². The second kappa shape index (κ2) is 11.1. The second-order valence-electron chi connectivity index (χ2n) is 7.55. The van der Waals surface area contributed by atoms with Gasteiger partial charge in [0.1, 0.15) is 6.04 Å². The number of aromatic nitrogens is 2. The molecule has 31 heavy (non-hydrogen) atoms. The van der Waals surface area contributed by atoms with Crippen LogP contribution >= 0.6 is 0 Å². The topological polar surface area (TPSA) is 99.5 Å². The number of benzene rings is 1. The number of hydrogen-bond donors (Lipinski definition) is 1.